The number of carbonyl (C=O) groups is 1. The van der Waals surface area contributed by atoms with Crippen molar-refractivity contribution in [1.82, 2.24) is 0 Å². The summed E-state index contributed by atoms with van der Waals surface area (Å²) in [4.78, 5) is 12.9. The number of aliphatic hydroxyl groups is 1. The Morgan fingerprint density at radius 3 is 1.52 bits per heavy atom. The molecule has 0 spiro atoms. The Morgan fingerprint density at radius 2 is 1.09 bits per heavy atom. The molecule has 0 atom stereocenters. The lowest BCUT2D eigenvalue weighted by molar-refractivity contribution is -0.131. The number of carbonyl (C=O) groups excluding carboxylic acids is 1. The Kier molecular flexibility index (Phi) is 4.22. The van der Waals surface area contributed by atoms with Gasteiger partial charge in [-0.2, -0.15) is 0 Å². The second-order valence-electron chi connectivity index (χ2n) is 5.26. The van der Waals surface area contributed by atoms with Gasteiger partial charge >= 0.3 is 0 Å². The van der Waals surface area contributed by atoms with E-state index in [1.54, 1.807) is 60.7 Å². The van der Waals surface area contributed by atoms with E-state index in [4.69, 9.17) is 0 Å². The fraction of sp³-hybridized carbons (Fsp3) is 0.0500. The maximum absolute atomic E-state index is 12.9. The van der Waals surface area contributed by atoms with Gasteiger partial charge in [0, 0.05) is 5.69 Å². The minimum atomic E-state index is -1.75. The van der Waals surface area contributed by atoms with Crippen LogP contribution >= 0.6 is 0 Å². The fourth-order valence-corrected chi connectivity index (χ4v) is 2.53. The molecule has 2 N–H and O–H groups in total. The van der Waals surface area contributed by atoms with Crippen molar-refractivity contribution in [2.45, 2.75) is 5.60 Å². The third kappa shape index (κ3) is 3.00. The highest BCUT2D eigenvalue weighted by atomic mass is 16.3. The molecule has 0 aromatic heterocycles. The Labute approximate surface area is 135 Å². The van der Waals surface area contributed by atoms with Crippen molar-refractivity contribution in [3.8, 4) is 0 Å². The van der Waals surface area contributed by atoms with E-state index in [9.17, 15) is 9.90 Å². The molecule has 0 saturated heterocycles. The number of anilines is 1. The Bertz CT molecular complexity index is 731. The van der Waals surface area contributed by atoms with Crippen LogP contribution in [-0.4, -0.2) is 11.0 Å². The van der Waals surface area contributed by atoms with E-state index in [1.807, 2.05) is 30.3 Å². The molecule has 114 valence electrons. The molecule has 0 fully saturated rings. The maximum Gasteiger partial charge on any atom is 0.265 e. The molecule has 3 aromatic rings. The van der Waals surface area contributed by atoms with Gasteiger partial charge in [-0.3, -0.25) is 4.79 Å². The van der Waals surface area contributed by atoms with E-state index < -0.39 is 11.5 Å². The van der Waals surface area contributed by atoms with Gasteiger partial charge in [0.25, 0.3) is 5.91 Å². The monoisotopic (exact) mass is 303 g/mol. The molecule has 0 saturated carbocycles. The first kappa shape index (κ1) is 15.0. The quantitative estimate of drug-likeness (QED) is 0.774. The van der Waals surface area contributed by atoms with Crippen LogP contribution in [0.3, 0.4) is 0 Å². The largest absolute Gasteiger partial charge is 0.372 e. The van der Waals surface area contributed by atoms with Crippen LogP contribution in [0.1, 0.15) is 11.1 Å². The normalized spacial score (nSPS) is 11.0. The zero-order chi connectivity index (χ0) is 16.1. The molecule has 0 heterocycles. The second kappa shape index (κ2) is 6.46. The van der Waals surface area contributed by atoms with Gasteiger partial charge in [0.05, 0.1) is 0 Å². The summed E-state index contributed by atoms with van der Waals surface area (Å²) in [6.45, 7) is 0. The van der Waals surface area contributed by atoms with E-state index >= 15 is 0 Å². The van der Waals surface area contributed by atoms with Crippen LogP contribution in [0, 0.1) is 0 Å². The van der Waals surface area contributed by atoms with Crippen LogP contribution in [0.25, 0.3) is 0 Å². The van der Waals surface area contributed by atoms with Gasteiger partial charge in [-0.15, -0.1) is 0 Å². The lowest BCUT2D eigenvalue weighted by atomic mass is 9.85. The standard InChI is InChI=1S/C20H17NO2/c22-19(21-18-14-8-3-9-15-18)20(23,16-10-4-1-5-11-16)17-12-6-2-7-13-17/h1-15,23H,(H,21,22). The van der Waals surface area contributed by atoms with Crippen molar-refractivity contribution in [3.05, 3.63) is 102 Å². The highest BCUT2D eigenvalue weighted by Gasteiger charge is 2.39. The number of amides is 1. The molecule has 3 heteroatoms. The number of hydrogen-bond donors (Lipinski definition) is 2. The predicted octanol–water partition coefficient (Wildman–Crippen LogP) is 3.56. The average Bonchev–Trinajstić information content (AvgIpc) is 2.63. The van der Waals surface area contributed by atoms with Crippen molar-refractivity contribution < 1.29 is 9.90 Å². The highest BCUT2D eigenvalue weighted by Crippen LogP contribution is 2.31. The first-order chi connectivity index (χ1) is 11.2. The topological polar surface area (TPSA) is 49.3 Å². The summed E-state index contributed by atoms with van der Waals surface area (Å²) in [6.07, 6.45) is 0. The first-order valence-electron chi connectivity index (χ1n) is 7.41. The SMILES string of the molecule is O=C(Nc1ccccc1)C(O)(c1ccccc1)c1ccccc1. The Morgan fingerprint density at radius 1 is 0.696 bits per heavy atom. The molecule has 0 radical (unpaired) electrons. The molecule has 0 aliphatic heterocycles. The van der Waals surface area contributed by atoms with Crippen molar-refractivity contribution in [2.75, 3.05) is 5.32 Å². The Hall–Kier alpha value is -2.91. The summed E-state index contributed by atoms with van der Waals surface area (Å²) in [7, 11) is 0. The van der Waals surface area contributed by atoms with Gasteiger partial charge in [0.1, 0.15) is 0 Å². The second-order valence-corrected chi connectivity index (χ2v) is 5.26. The summed E-state index contributed by atoms with van der Waals surface area (Å²) in [6, 6.07) is 27.0. The smallest absolute Gasteiger partial charge is 0.265 e. The fourth-order valence-electron chi connectivity index (χ4n) is 2.53. The number of hydrogen-bond acceptors (Lipinski definition) is 2. The molecule has 1 amide bonds. The van der Waals surface area contributed by atoms with E-state index in [2.05, 4.69) is 5.32 Å². The first-order valence-corrected chi connectivity index (χ1v) is 7.41. The average molecular weight is 303 g/mol. The van der Waals surface area contributed by atoms with Crippen LogP contribution in [-0.2, 0) is 10.4 Å². The van der Waals surface area contributed by atoms with Crippen molar-refractivity contribution in [1.29, 1.82) is 0 Å². The summed E-state index contributed by atoms with van der Waals surface area (Å²) < 4.78 is 0. The number of rotatable bonds is 4. The molecule has 3 rings (SSSR count). The Balaban J connectivity index is 2.04. The maximum atomic E-state index is 12.9. The molecule has 0 bridgehead atoms. The number of nitrogens with one attached hydrogen (secondary N) is 1. The van der Waals surface area contributed by atoms with Crippen molar-refractivity contribution in [2.24, 2.45) is 0 Å². The van der Waals surface area contributed by atoms with Crippen molar-refractivity contribution >= 4 is 11.6 Å². The van der Waals surface area contributed by atoms with E-state index in [0.717, 1.165) is 0 Å². The minimum absolute atomic E-state index is 0.485. The molecule has 3 aromatic carbocycles. The zero-order valence-electron chi connectivity index (χ0n) is 12.5. The molecule has 0 aliphatic carbocycles. The molecular formula is C20H17NO2. The predicted molar refractivity (Wildman–Crippen MR) is 91.0 cm³/mol. The molecule has 23 heavy (non-hydrogen) atoms. The lowest BCUT2D eigenvalue weighted by Crippen LogP contribution is -2.41. The minimum Gasteiger partial charge on any atom is -0.372 e. The van der Waals surface area contributed by atoms with E-state index in [1.165, 1.54) is 0 Å². The van der Waals surface area contributed by atoms with Crippen LogP contribution in [0.4, 0.5) is 5.69 Å². The summed E-state index contributed by atoms with van der Waals surface area (Å²) in [5, 5.41) is 14.1. The van der Waals surface area contributed by atoms with Gasteiger partial charge in [-0.1, -0.05) is 78.9 Å². The molecule has 3 nitrogen and oxygen atoms in total. The summed E-state index contributed by atoms with van der Waals surface area (Å²) in [5.74, 6) is -0.485. The van der Waals surface area contributed by atoms with Crippen LogP contribution in [0.5, 0.6) is 0 Å². The van der Waals surface area contributed by atoms with E-state index in [-0.39, 0.29) is 0 Å². The van der Waals surface area contributed by atoms with Gasteiger partial charge < -0.3 is 10.4 Å². The van der Waals surface area contributed by atoms with Crippen LogP contribution in [0.15, 0.2) is 91.0 Å². The number of benzene rings is 3. The van der Waals surface area contributed by atoms with E-state index in [0.29, 0.717) is 16.8 Å². The van der Waals surface area contributed by atoms with Crippen molar-refractivity contribution in [3.63, 3.8) is 0 Å². The summed E-state index contributed by atoms with van der Waals surface area (Å²) >= 11 is 0. The third-order valence-corrected chi connectivity index (χ3v) is 3.74. The van der Waals surface area contributed by atoms with Crippen LogP contribution < -0.4 is 5.32 Å². The van der Waals surface area contributed by atoms with Gasteiger partial charge in [-0.25, -0.2) is 0 Å². The third-order valence-electron chi connectivity index (χ3n) is 3.74. The highest BCUT2D eigenvalue weighted by molar-refractivity contribution is 6.00. The number of para-hydroxylation sites is 1. The van der Waals surface area contributed by atoms with Gasteiger partial charge in [-0.05, 0) is 23.3 Å². The molecule has 0 unspecified atom stereocenters. The molecular weight excluding hydrogens is 286 g/mol. The summed E-state index contributed by atoms with van der Waals surface area (Å²) in [5.41, 5.74) is -0.0553. The van der Waals surface area contributed by atoms with Crippen LogP contribution in [0.2, 0.25) is 0 Å². The lowest BCUT2D eigenvalue weighted by Gasteiger charge is -2.28. The van der Waals surface area contributed by atoms with Gasteiger partial charge in [0.2, 0.25) is 0 Å². The van der Waals surface area contributed by atoms with Gasteiger partial charge in [0.15, 0.2) is 5.60 Å². The zero-order valence-corrected chi connectivity index (χ0v) is 12.5. The molecule has 0 aliphatic rings.